The van der Waals surface area contributed by atoms with E-state index in [2.05, 4.69) is 22.5 Å². The molecule has 2 rings (SSSR count). The molecule has 0 aromatic heterocycles. The van der Waals surface area contributed by atoms with E-state index in [9.17, 15) is 18.0 Å². The largest absolute Gasteiger partial charge is 0.497 e. The number of hydrogen-bond acceptors (Lipinski definition) is 3. The standard InChI is InChI=1S/C19H17F3N2O3/c1-26-16-9-7-15(8-10-16)24-18(25)23-11-2-3-12-27-17-6-4-5-14(13-17)19(20,21)22/h4-10,13H,11-12H2,1H3,(H2,23,24,25). The van der Waals surface area contributed by atoms with Gasteiger partial charge in [-0.2, -0.15) is 13.2 Å². The summed E-state index contributed by atoms with van der Waals surface area (Å²) in [6, 6.07) is 10.9. The summed E-state index contributed by atoms with van der Waals surface area (Å²) in [5.41, 5.74) is -0.195. The number of urea groups is 1. The molecule has 0 saturated carbocycles. The predicted octanol–water partition coefficient (Wildman–Crippen LogP) is 3.92. The minimum absolute atomic E-state index is 0.0634. The first kappa shape index (κ1) is 20.0. The molecule has 0 atom stereocenters. The molecule has 0 heterocycles. The molecule has 0 aliphatic carbocycles. The lowest BCUT2D eigenvalue weighted by molar-refractivity contribution is -0.137. The highest BCUT2D eigenvalue weighted by atomic mass is 19.4. The lowest BCUT2D eigenvalue weighted by atomic mass is 10.2. The second kappa shape index (κ2) is 9.38. The SMILES string of the molecule is COc1ccc(NC(=O)NCC#CCOc2cccc(C(F)(F)F)c2)cc1. The van der Waals surface area contributed by atoms with Gasteiger partial charge in [-0.25, -0.2) is 4.79 Å². The Hall–Kier alpha value is -3.34. The van der Waals surface area contributed by atoms with Crippen molar-refractivity contribution in [2.75, 3.05) is 25.6 Å². The zero-order chi connectivity index (χ0) is 19.7. The number of rotatable bonds is 5. The number of hydrogen-bond donors (Lipinski definition) is 2. The van der Waals surface area contributed by atoms with E-state index in [4.69, 9.17) is 9.47 Å². The molecule has 0 saturated heterocycles. The van der Waals surface area contributed by atoms with Gasteiger partial charge in [0.05, 0.1) is 19.2 Å². The minimum Gasteiger partial charge on any atom is -0.497 e. The number of methoxy groups -OCH3 is 1. The second-order valence-corrected chi connectivity index (χ2v) is 5.20. The molecule has 0 bridgehead atoms. The lowest BCUT2D eigenvalue weighted by Crippen LogP contribution is -2.28. The average molecular weight is 378 g/mol. The van der Waals surface area contributed by atoms with Crippen LogP contribution in [0.25, 0.3) is 0 Å². The number of alkyl halides is 3. The van der Waals surface area contributed by atoms with Gasteiger partial charge >= 0.3 is 12.2 Å². The normalized spacial score (nSPS) is 10.4. The van der Waals surface area contributed by atoms with Crippen LogP contribution in [0.3, 0.4) is 0 Å². The van der Waals surface area contributed by atoms with Gasteiger partial charge in [0.25, 0.3) is 0 Å². The Bertz CT molecular complexity index is 825. The first-order valence-electron chi connectivity index (χ1n) is 7.83. The monoisotopic (exact) mass is 378 g/mol. The Labute approximate surface area is 154 Å². The van der Waals surface area contributed by atoms with Crippen molar-refractivity contribution in [1.29, 1.82) is 0 Å². The van der Waals surface area contributed by atoms with Gasteiger partial charge in [-0.05, 0) is 42.5 Å². The Morgan fingerprint density at radius 3 is 2.48 bits per heavy atom. The first-order chi connectivity index (χ1) is 12.9. The highest BCUT2D eigenvalue weighted by Crippen LogP contribution is 2.31. The summed E-state index contributed by atoms with van der Waals surface area (Å²) in [6.07, 6.45) is -4.42. The maximum Gasteiger partial charge on any atom is 0.416 e. The summed E-state index contributed by atoms with van der Waals surface area (Å²) in [6.45, 7) is -0.0307. The van der Waals surface area contributed by atoms with E-state index in [0.29, 0.717) is 11.4 Å². The summed E-state index contributed by atoms with van der Waals surface area (Å²) in [7, 11) is 1.55. The molecule has 27 heavy (non-hydrogen) atoms. The maximum absolute atomic E-state index is 12.6. The van der Waals surface area contributed by atoms with Crippen molar-refractivity contribution in [1.82, 2.24) is 5.32 Å². The van der Waals surface area contributed by atoms with Crippen LogP contribution in [-0.4, -0.2) is 26.3 Å². The van der Waals surface area contributed by atoms with Gasteiger partial charge in [0, 0.05) is 5.69 Å². The molecule has 0 radical (unpaired) electrons. The highest BCUT2D eigenvalue weighted by Gasteiger charge is 2.30. The maximum atomic E-state index is 12.6. The third-order valence-electron chi connectivity index (χ3n) is 3.28. The third kappa shape index (κ3) is 6.82. The van der Waals surface area contributed by atoms with Gasteiger partial charge in [-0.1, -0.05) is 17.9 Å². The molecule has 2 amide bonds. The fourth-order valence-corrected chi connectivity index (χ4v) is 1.97. The summed E-state index contributed by atoms with van der Waals surface area (Å²) in [5.74, 6) is 6.01. The molecule has 0 aliphatic heterocycles. The fourth-order valence-electron chi connectivity index (χ4n) is 1.97. The van der Waals surface area contributed by atoms with Crippen LogP contribution in [0.4, 0.5) is 23.7 Å². The van der Waals surface area contributed by atoms with Crippen LogP contribution in [0.2, 0.25) is 0 Å². The second-order valence-electron chi connectivity index (χ2n) is 5.20. The van der Waals surface area contributed by atoms with Crippen LogP contribution in [-0.2, 0) is 6.18 Å². The van der Waals surface area contributed by atoms with Crippen molar-refractivity contribution in [3.63, 3.8) is 0 Å². The van der Waals surface area contributed by atoms with E-state index in [1.165, 1.54) is 12.1 Å². The summed E-state index contributed by atoms with van der Waals surface area (Å²) >= 11 is 0. The molecule has 2 aromatic carbocycles. The fraction of sp³-hybridized carbons (Fsp3) is 0.211. The van der Waals surface area contributed by atoms with Crippen LogP contribution < -0.4 is 20.1 Å². The molecule has 5 nitrogen and oxygen atoms in total. The van der Waals surface area contributed by atoms with E-state index >= 15 is 0 Å². The molecule has 2 aromatic rings. The van der Waals surface area contributed by atoms with E-state index in [0.717, 1.165) is 12.1 Å². The number of nitrogens with one attached hydrogen (secondary N) is 2. The van der Waals surface area contributed by atoms with Crippen LogP contribution in [0, 0.1) is 11.8 Å². The molecule has 2 N–H and O–H groups in total. The molecular weight excluding hydrogens is 361 g/mol. The van der Waals surface area contributed by atoms with Gasteiger partial charge in [-0.15, -0.1) is 0 Å². The molecule has 0 unspecified atom stereocenters. The summed E-state index contributed by atoms with van der Waals surface area (Å²) in [4.78, 5) is 11.7. The van der Waals surface area contributed by atoms with Crippen LogP contribution in [0.1, 0.15) is 5.56 Å². The molecule has 0 spiro atoms. The van der Waals surface area contributed by atoms with E-state index < -0.39 is 17.8 Å². The van der Waals surface area contributed by atoms with Crippen molar-refractivity contribution in [2.24, 2.45) is 0 Å². The van der Waals surface area contributed by atoms with Crippen LogP contribution in [0.5, 0.6) is 11.5 Å². The zero-order valence-electron chi connectivity index (χ0n) is 14.4. The molecule has 142 valence electrons. The van der Waals surface area contributed by atoms with Crippen LogP contribution in [0.15, 0.2) is 48.5 Å². The number of carbonyl (C=O) groups excluding carboxylic acids is 1. The van der Waals surface area contributed by atoms with Gasteiger partial charge in [-0.3, -0.25) is 0 Å². The number of benzene rings is 2. The zero-order valence-corrected chi connectivity index (χ0v) is 14.4. The van der Waals surface area contributed by atoms with Crippen molar-refractivity contribution < 1.29 is 27.4 Å². The molecule has 0 aliphatic rings. The van der Waals surface area contributed by atoms with Gasteiger partial charge < -0.3 is 20.1 Å². The van der Waals surface area contributed by atoms with Gasteiger partial charge in [0.1, 0.15) is 18.1 Å². The quantitative estimate of drug-likeness (QED) is 0.776. The van der Waals surface area contributed by atoms with E-state index in [-0.39, 0.29) is 18.9 Å². The number of amides is 2. The number of anilines is 1. The van der Waals surface area contributed by atoms with Crippen LogP contribution >= 0.6 is 0 Å². The predicted molar refractivity (Wildman–Crippen MR) is 94.7 cm³/mol. The summed E-state index contributed by atoms with van der Waals surface area (Å²) < 4.78 is 47.9. The lowest BCUT2D eigenvalue weighted by Gasteiger charge is -2.08. The minimum atomic E-state index is -4.42. The Morgan fingerprint density at radius 2 is 1.81 bits per heavy atom. The Balaban J connectivity index is 1.72. The van der Waals surface area contributed by atoms with Crippen molar-refractivity contribution in [3.05, 3.63) is 54.1 Å². The first-order valence-corrected chi connectivity index (χ1v) is 7.83. The van der Waals surface area contributed by atoms with E-state index in [1.807, 2.05) is 0 Å². The topological polar surface area (TPSA) is 59.6 Å². The number of halogens is 3. The number of ether oxygens (including phenoxy) is 2. The van der Waals surface area contributed by atoms with Gasteiger partial charge in [0.2, 0.25) is 0 Å². The number of carbonyl (C=O) groups is 1. The highest BCUT2D eigenvalue weighted by molar-refractivity contribution is 5.89. The smallest absolute Gasteiger partial charge is 0.416 e. The molecular formula is C19H17F3N2O3. The van der Waals surface area contributed by atoms with Crippen molar-refractivity contribution in [3.8, 4) is 23.3 Å². The Kier molecular flexibility index (Phi) is 6.94. The molecule has 0 fully saturated rings. The summed E-state index contributed by atoms with van der Waals surface area (Å²) in [5, 5.41) is 5.15. The molecule has 8 heteroatoms. The third-order valence-corrected chi connectivity index (χ3v) is 3.28. The Morgan fingerprint density at radius 1 is 1.07 bits per heavy atom. The van der Waals surface area contributed by atoms with E-state index in [1.54, 1.807) is 31.4 Å². The average Bonchev–Trinajstić information content (AvgIpc) is 2.65. The van der Waals surface area contributed by atoms with Crippen molar-refractivity contribution >= 4 is 11.7 Å². The van der Waals surface area contributed by atoms with Gasteiger partial charge in [0.15, 0.2) is 0 Å². The van der Waals surface area contributed by atoms with Crippen molar-refractivity contribution in [2.45, 2.75) is 6.18 Å².